The Morgan fingerprint density at radius 1 is 0.931 bits per heavy atom. The minimum Gasteiger partial charge on any atom is -0.497 e. The Morgan fingerprint density at radius 2 is 1.66 bits per heavy atom. The number of aliphatic hydroxyl groups is 1. The van der Waals surface area contributed by atoms with E-state index in [9.17, 15) is 0 Å². The first-order chi connectivity index (χ1) is 14.2. The van der Waals surface area contributed by atoms with E-state index >= 15 is 0 Å². The van der Waals surface area contributed by atoms with Gasteiger partial charge >= 0.3 is 0 Å². The maximum Gasteiger partial charge on any atom is 0.150 e. The third-order valence-corrected chi connectivity index (χ3v) is 5.13. The molecular weight excluding hydrogens is 364 g/mol. The van der Waals surface area contributed by atoms with Crippen molar-refractivity contribution in [3.8, 4) is 17.2 Å². The predicted octanol–water partition coefficient (Wildman–Crippen LogP) is 5.13. The molecule has 0 aromatic heterocycles. The van der Waals surface area contributed by atoms with Gasteiger partial charge in [0.15, 0.2) is 0 Å². The van der Waals surface area contributed by atoms with Crippen molar-refractivity contribution in [1.82, 2.24) is 0 Å². The van der Waals surface area contributed by atoms with Crippen LogP contribution in [0.3, 0.4) is 0 Å². The summed E-state index contributed by atoms with van der Waals surface area (Å²) in [6.07, 6.45) is -0.231. The molecule has 1 unspecified atom stereocenters. The normalized spacial score (nSPS) is 15.5. The Labute approximate surface area is 171 Å². The second kappa shape index (κ2) is 8.41. The SMILES string of the molecule is COc1ccc2c(c1)C(C)=C(c1ccccc1)C(c1ccc(OCCO)cc1)O2. The van der Waals surface area contributed by atoms with Crippen LogP contribution in [0, 0.1) is 0 Å². The van der Waals surface area contributed by atoms with Crippen LogP contribution in [0.4, 0.5) is 0 Å². The summed E-state index contributed by atoms with van der Waals surface area (Å²) in [6.45, 7) is 2.41. The molecular formula is C25H24O4. The molecule has 3 aromatic rings. The quantitative estimate of drug-likeness (QED) is 0.636. The van der Waals surface area contributed by atoms with Gasteiger partial charge in [0.1, 0.15) is 30.0 Å². The van der Waals surface area contributed by atoms with Crippen LogP contribution in [-0.2, 0) is 0 Å². The largest absolute Gasteiger partial charge is 0.497 e. The maximum absolute atomic E-state index is 8.95. The first kappa shape index (κ1) is 19.1. The average molecular weight is 388 g/mol. The van der Waals surface area contributed by atoms with E-state index in [0.29, 0.717) is 0 Å². The summed E-state index contributed by atoms with van der Waals surface area (Å²) >= 11 is 0. The summed E-state index contributed by atoms with van der Waals surface area (Å²) in [5.74, 6) is 2.38. The number of methoxy groups -OCH3 is 1. The highest BCUT2D eigenvalue weighted by Gasteiger charge is 2.29. The number of rotatable bonds is 6. The lowest BCUT2D eigenvalue weighted by Gasteiger charge is -2.31. The minimum absolute atomic E-state index is 0.00613. The Bertz CT molecular complexity index is 1010. The van der Waals surface area contributed by atoms with Gasteiger partial charge in [-0.2, -0.15) is 0 Å². The fourth-order valence-electron chi connectivity index (χ4n) is 3.68. The highest BCUT2D eigenvalue weighted by atomic mass is 16.5. The number of aliphatic hydroxyl groups excluding tert-OH is 1. The predicted molar refractivity (Wildman–Crippen MR) is 114 cm³/mol. The standard InChI is InChI=1S/C25H24O4/c1-17-22-16-21(27-2)12-13-23(22)29-25(24(17)18-6-4-3-5-7-18)19-8-10-20(11-9-19)28-15-14-26/h3-13,16,25-26H,14-15H2,1-2H3. The molecule has 4 rings (SSSR count). The van der Waals surface area contributed by atoms with E-state index in [-0.39, 0.29) is 19.3 Å². The number of hydrogen-bond donors (Lipinski definition) is 1. The average Bonchev–Trinajstić information content (AvgIpc) is 2.78. The molecule has 148 valence electrons. The van der Waals surface area contributed by atoms with Crippen molar-refractivity contribution in [2.75, 3.05) is 20.3 Å². The first-order valence-corrected chi connectivity index (χ1v) is 9.66. The van der Waals surface area contributed by atoms with Gasteiger partial charge in [0.05, 0.1) is 13.7 Å². The molecule has 0 aliphatic carbocycles. The maximum atomic E-state index is 8.95. The van der Waals surface area contributed by atoms with Crippen LogP contribution >= 0.6 is 0 Å². The second-order valence-corrected chi connectivity index (χ2v) is 6.91. The van der Waals surface area contributed by atoms with Gasteiger partial charge in [-0.3, -0.25) is 0 Å². The lowest BCUT2D eigenvalue weighted by Crippen LogP contribution is -2.16. The van der Waals surface area contributed by atoms with Crippen LogP contribution in [-0.4, -0.2) is 25.4 Å². The number of benzene rings is 3. The van der Waals surface area contributed by atoms with Crippen LogP contribution in [0.1, 0.15) is 29.7 Å². The van der Waals surface area contributed by atoms with E-state index in [1.165, 1.54) is 5.57 Å². The van der Waals surface area contributed by atoms with Gasteiger partial charge in [0.2, 0.25) is 0 Å². The van der Waals surface area contributed by atoms with Gasteiger partial charge in [0.25, 0.3) is 0 Å². The number of fused-ring (bicyclic) bond motifs is 1. The highest BCUT2D eigenvalue weighted by Crippen LogP contribution is 2.47. The molecule has 4 nitrogen and oxygen atoms in total. The van der Waals surface area contributed by atoms with Crippen molar-refractivity contribution in [1.29, 1.82) is 0 Å². The van der Waals surface area contributed by atoms with Gasteiger partial charge in [-0.25, -0.2) is 0 Å². The van der Waals surface area contributed by atoms with Crippen molar-refractivity contribution in [3.63, 3.8) is 0 Å². The van der Waals surface area contributed by atoms with Crippen molar-refractivity contribution >= 4 is 11.1 Å². The van der Waals surface area contributed by atoms with Crippen molar-refractivity contribution in [2.45, 2.75) is 13.0 Å². The molecule has 0 radical (unpaired) electrons. The smallest absolute Gasteiger partial charge is 0.150 e. The fourth-order valence-corrected chi connectivity index (χ4v) is 3.68. The second-order valence-electron chi connectivity index (χ2n) is 6.91. The van der Waals surface area contributed by atoms with E-state index in [1.807, 2.05) is 60.7 Å². The molecule has 1 N–H and O–H groups in total. The summed E-state index contributed by atoms with van der Waals surface area (Å²) in [5, 5.41) is 8.95. The fraction of sp³-hybridized carbons (Fsp3) is 0.200. The van der Waals surface area contributed by atoms with Crippen LogP contribution in [0.2, 0.25) is 0 Å². The van der Waals surface area contributed by atoms with Crippen molar-refractivity contribution in [3.05, 3.63) is 89.5 Å². The van der Waals surface area contributed by atoms with Crippen LogP contribution in [0.25, 0.3) is 11.1 Å². The lowest BCUT2D eigenvalue weighted by atomic mass is 9.86. The summed E-state index contributed by atoms with van der Waals surface area (Å²) in [6, 6.07) is 24.1. The Morgan fingerprint density at radius 3 is 2.34 bits per heavy atom. The summed E-state index contributed by atoms with van der Waals surface area (Å²) in [4.78, 5) is 0. The molecule has 0 bridgehead atoms. The van der Waals surface area contributed by atoms with Gasteiger partial charge in [-0.15, -0.1) is 0 Å². The van der Waals surface area contributed by atoms with Gasteiger partial charge in [-0.05, 0) is 54.0 Å². The van der Waals surface area contributed by atoms with Crippen LogP contribution in [0.15, 0.2) is 72.8 Å². The Hall–Kier alpha value is -3.24. The number of ether oxygens (including phenoxy) is 3. The van der Waals surface area contributed by atoms with Crippen molar-refractivity contribution in [2.24, 2.45) is 0 Å². The lowest BCUT2D eigenvalue weighted by molar-refractivity contribution is 0.201. The summed E-state index contributed by atoms with van der Waals surface area (Å²) in [5.41, 5.74) is 5.52. The van der Waals surface area contributed by atoms with E-state index < -0.39 is 0 Å². The molecule has 1 atom stereocenters. The van der Waals surface area contributed by atoms with Gasteiger partial charge in [0, 0.05) is 11.1 Å². The zero-order valence-corrected chi connectivity index (χ0v) is 16.6. The molecule has 1 aliphatic heterocycles. The monoisotopic (exact) mass is 388 g/mol. The molecule has 1 aliphatic rings. The van der Waals surface area contributed by atoms with E-state index in [0.717, 1.165) is 39.5 Å². The van der Waals surface area contributed by atoms with Gasteiger partial charge < -0.3 is 19.3 Å². The zero-order chi connectivity index (χ0) is 20.2. The Kier molecular flexibility index (Phi) is 5.54. The van der Waals surface area contributed by atoms with E-state index in [1.54, 1.807) is 7.11 Å². The number of hydrogen-bond acceptors (Lipinski definition) is 4. The van der Waals surface area contributed by atoms with E-state index in [4.69, 9.17) is 19.3 Å². The molecule has 3 aromatic carbocycles. The highest BCUT2D eigenvalue weighted by molar-refractivity contribution is 5.95. The number of allylic oxidation sites excluding steroid dienone is 1. The van der Waals surface area contributed by atoms with Gasteiger partial charge in [-0.1, -0.05) is 42.5 Å². The van der Waals surface area contributed by atoms with Crippen LogP contribution < -0.4 is 14.2 Å². The molecule has 0 saturated heterocycles. The topological polar surface area (TPSA) is 47.9 Å². The molecule has 4 heteroatoms. The molecule has 0 saturated carbocycles. The third-order valence-electron chi connectivity index (χ3n) is 5.13. The molecule has 0 spiro atoms. The first-order valence-electron chi connectivity index (χ1n) is 9.66. The zero-order valence-electron chi connectivity index (χ0n) is 16.6. The van der Waals surface area contributed by atoms with Crippen LogP contribution in [0.5, 0.6) is 17.2 Å². The molecule has 0 fully saturated rings. The minimum atomic E-state index is -0.231. The van der Waals surface area contributed by atoms with Crippen molar-refractivity contribution < 1.29 is 19.3 Å². The molecule has 1 heterocycles. The Balaban J connectivity index is 1.80. The summed E-state index contributed by atoms with van der Waals surface area (Å²) in [7, 11) is 1.67. The molecule has 0 amide bonds. The summed E-state index contributed by atoms with van der Waals surface area (Å²) < 4.78 is 17.4. The molecule has 29 heavy (non-hydrogen) atoms. The third kappa shape index (κ3) is 3.84. The van der Waals surface area contributed by atoms with E-state index in [2.05, 4.69) is 19.1 Å².